The second-order valence-corrected chi connectivity index (χ2v) is 6.44. The number of pyridine rings is 1. The monoisotopic (exact) mass is 364 g/mol. The molecule has 0 spiro atoms. The fraction of sp³-hybridized carbons (Fsp3) is 0.286. The van der Waals surface area contributed by atoms with Crippen molar-refractivity contribution in [2.24, 2.45) is 7.05 Å². The number of carbonyl (C=O) groups excluding carboxylic acids is 1. The Hall–Kier alpha value is -2.99. The van der Waals surface area contributed by atoms with Gasteiger partial charge in [-0.15, -0.1) is 0 Å². The van der Waals surface area contributed by atoms with Gasteiger partial charge in [-0.1, -0.05) is 37.3 Å². The molecule has 2 heterocycles. The molecule has 27 heavy (non-hydrogen) atoms. The number of carbonyl (C=O) groups is 1. The van der Waals surface area contributed by atoms with Gasteiger partial charge in [-0.2, -0.15) is 5.10 Å². The lowest BCUT2D eigenvalue weighted by atomic mass is 10.1. The molecule has 140 valence electrons. The van der Waals surface area contributed by atoms with Gasteiger partial charge in [0, 0.05) is 26.0 Å². The quantitative estimate of drug-likeness (QED) is 0.700. The topological polar surface area (TPSA) is 71.2 Å². The number of aliphatic hydroxyl groups excluding tert-OH is 1. The van der Waals surface area contributed by atoms with E-state index in [1.165, 1.54) is 0 Å². The maximum atomic E-state index is 13.2. The van der Waals surface area contributed by atoms with Crippen LogP contribution in [0.1, 0.15) is 29.4 Å². The Morgan fingerprint density at radius 1 is 1.19 bits per heavy atom. The average molecular weight is 364 g/mol. The van der Waals surface area contributed by atoms with Crippen molar-refractivity contribution in [1.29, 1.82) is 0 Å². The maximum absolute atomic E-state index is 13.2. The largest absolute Gasteiger partial charge is 0.394 e. The predicted molar refractivity (Wildman–Crippen MR) is 104 cm³/mol. The lowest BCUT2D eigenvalue weighted by molar-refractivity contribution is 0.0557. The van der Waals surface area contributed by atoms with Crippen LogP contribution < -0.4 is 0 Å². The molecule has 0 bridgehead atoms. The highest BCUT2D eigenvalue weighted by Crippen LogP contribution is 2.21. The molecule has 0 aliphatic carbocycles. The zero-order valence-electron chi connectivity index (χ0n) is 15.6. The van der Waals surface area contributed by atoms with Crippen molar-refractivity contribution in [2.45, 2.75) is 25.9 Å². The maximum Gasteiger partial charge on any atom is 0.275 e. The Morgan fingerprint density at radius 2 is 1.89 bits per heavy atom. The van der Waals surface area contributed by atoms with E-state index < -0.39 is 0 Å². The molecule has 1 amide bonds. The van der Waals surface area contributed by atoms with Gasteiger partial charge < -0.3 is 10.0 Å². The van der Waals surface area contributed by atoms with E-state index in [1.54, 1.807) is 28.0 Å². The van der Waals surface area contributed by atoms with E-state index >= 15 is 0 Å². The lowest BCUT2D eigenvalue weighted by Gasteiger charge is -2.29. The van der Waals surface area contributed by atoms with E-state index in [4.69, 9.17) is 0 Å². The van der Waals surface area contributed by atoms with Crippen LogP contribution in [0, 0.1) is 0 Å². The minimum atomic E-state index is -0.271. The number of rotatable bonds is 7. The van der Waals surface area contributed by atoms with Gasteiger partial charge in [-0.3, -0.25) is 14.5 Å². The first-order chi connectivity index (χ1) is 13.1. The minimum absolute atomic E-state index is 0.0916. The van der Waals surface area contributed by atoms with Crippen molar-refractivity contribution in [3.05, 3.63) is 72.2 Å². The Kier molecular flexibility index (Phi) is 5.98. The summed E-state index contributed by atoms with van der Waals surface area (Å²) < 4.78 is 1.72. The van der Waals surface area contributed by atoms with Crippen molar-refractivity contribution >= 4 is 5.91 Å². The fourth-order valence-corrected chi connectivity index (χ4v) is 3.10. The SMILES string of the molecule is CC[C@H](CO)N(Cc1ccncc1)C(=O)c1cc(-c2ccccc2)n(C)n1. The van der Waals surface area contributed by atoms with Crippen LogP contribution in [0.3, 0.4) is 0 Å². The van der Waals surface area contributed by atoms with Gasteiger partial charge in [-0.05, 0) is 35.7 Å². The Bertz CT molecular complexity index is 874. The number of aliphatic hydroxyl groups is 1. The molecule has 2 aromatic heterocycles. The number of aromatic nitrogens is 3. The van der Waals surface area contributed by atoms with Crippen molar-refractivity contribution in [1.82, 2.24) is 19.7 Å². The number of hydrogen-bond acceptors (Lipinski definition) is 4. The zero-order valence-corrected chi connectivity index (χ0v) is 15.6. The number of nitrogens with zero attached hydrogens (tertiary/aromatic N) is 4. The van der Waals surface area contributed by atoms with Crippen LogP contribution in [0.2, 0.25) is 0 Å². The van der Waals surface area contributed by atoms with Crippen LogP contribution in [-0.4, -0.2) is 43.3 Å². The smallest absolute Gasteiger partial charge is 0.275 e. The third-order valence-corrected chi connectivity index (χ3v) is 4.65. The Labute approximate surface area is 159 Å². The molecule has 6 nitrogen and oxygen atoms in total. The molecular weight excluding hydrogens is 340 g/mol. The molecule has 0 aliphatic heterocycles. The van der Waals surface area contributed by atoms with E-state index in [9.17, 15) is 9.90 Å². The highest BCUT2D eigenvalue weighted by Gasteiger charge is 2.26. The molecule has 3 aromatic rings. The molecule has 1 atom stereocenters. The molecule has 0 aliphatic rings. The Balaban J connectivity index is 1.92. The highest BCUT2D eigenvalue weighted by molar-refractivity contribution is 5.93. The van der Waals surface area contributed by atoms with Crippen molar-refractivity contribution < 1.29 is 9.90 Å². The molecule has 0 saturated heterocycles. The van der Waals surface area contributed by atoms with Gasteiger partial charge in [0.25, 0.3) is 5.91 Å². The van der Waals surface area contributed by atoms with Crippen molar-refractivity contribution in [3.63, 3.8) is 0 Å². The summed E-state index contributed by atoms with van der Waals surface area (Å²) in [5.41, 5.74) is 3.21. The third kappa shape index (κ3) is 4.23. The summed E-state index contributed by atoms with van der Waals surface area (Å²) in [5, 5.41) is 14.2. The number of hydrogen-bond donors (Lipinski definition) is 1. The predicted octanol–water partition coefficient (Wildman–Crippen LogP) is 2.90. The van der Waals surface area contributed by atoms with E-state index in [0.29, 0.717) is 18.7 Å². The molecule has 0 unspecified atom stereocenters. The first kappa shape index (κ1) is 18.8. The average Bonchev–Trinajstić information content (AvgIpc) is 3.10. The van der Waals surface area contributed by atoms with E-state index in [2.05, 4.69) is 10.1 Å². The van der Waals surface area contributed by atoms with Gasteiger partial charge in [0.15, 0.2) is 5.69 Å². The summed E-state index contributed by atoms with van der Waals surface area (Å²) in [6.07, 6.45) is 4.06. The highest BCUT2D eigenvalue weighted by atomic mass is 16.3. The van der Waals surface area contributed by atoms with E-state index in [0.717, 1.165) is 16.8 Å². The molecule has 6 heteroatoms. The first-order valence-electron chi connectivity index (χ1n) is 9.04. The summed E-state index contributed by atoms with van der Waals surface area (Å²) in [6, 6.07) is 15.1. The third-order valence-electron chi connectivity index (χ3n) is 4.65. The van der Waals surface area contributed by atoms with Gasteiger partial charge in [0.1, 0.15) is 0 Å². The zero-order chi connectivity index (χ0) is 19.2. The fourth-order valence-electron chi connectivity index (χ4n) is 3.10. The van der Waals surface area contributed by atoms with Crippen LogP contribution in [0.5, 0.6) is 0 Å². The molecule has 0 fully saturated rings. The van der Waals surface area contributed by atoms with E-state index in [-0.39, 0.29) is 18.6 Å². The van der Waals surface area contributed by atoms with Crippen LogP contribution >= 0.6 is 0 Å². The standard InChI is InChI=1S/C21H24N4O2/c1-3-18(15-26)25(14-16-9-11-22-12-10-16)21(27)19-13-20(24(2)23-19)17-7-5-4-6-8-17/h4-13,18,26H,3,14-15H2,1-2H3/t18-/m1/s1. The van der Waals surface area contributed by atoms with Gasteiger partial charge >= 0.3 is 0 Å². The van der Waals surface area contributed by atoms with Crippen LogP contribution in [0.25, 0.3) is 11.3 Å². The summed E-state index contributed by atoms with van der Waals surface area (Å²) in [6.45, 7) is 2.27. The second-order valence-electron chi connectivity index (χ2n) is 6.44. The van der Waals surface area contributed by atoms with Crippen molar-refractivity contribution in [3.8, 4) is 11.3 Å². The summed E-state index contributed by atoms with van der Waals surface area (Å²) in [5.74, 6) is -0.189. The number of benzene rings is 1. The molecule has 0 saturated carbocycles. The summed E-state index contributed by atoms with van der Waals surface area (Å²) >= 11 is 0. The minimum Gasteiger partial charge on any atom is -0.394 e. The van der Waals surface area contributed by atoms with Crippen molar-refractivity contribution in [2.75, 3.05) is 6.61 Å². The molecular formula is C21H24N4O2. The molecule has 1 aromatic carbocycles. The van der Waals surface area contributed by atoms with Gasteiger partial charge in [-0.25, -0.2) is 0 Å². The Morgan fingerprint density at radius 3 is 2.52 bits per heavy atom. The first-order valence-corrected chi connectivity index (χ1v) is 9.04. The summed E-state index contributed by atoms with van der Waals surface area (Å²) in [7, 11) is 1.83. The van der Waals surface area contributed by atoms with Gasteiger partial charge in [0.2, 0.25) is 0 Å². The molecule has 0 radical (unpaired) electrons. The second kappa shape index (κ2) is 8.60. The van der Waals surface area contributed by atoms with Crippen LogP contribution in [-0.2, 0) is 13.6 Å². The molecule has 1 N–H and O–H groups in total. The van der Waals surface area contributed by atoms with Crippen LogP contribution in [0.4, 0.5) is 0 Å². The van der Waals surface area contributed by atoms with E-state index in [1.807, 2.05) is 56.4 Å². The summed E-state index contributed by atoms with van der Waals surface area (Å²) in [4.78, 5) is 18.9. The lowest BCUT2D eigenvalue weighted by Crippen LogP contribution is -2.41. The van der Waals surface area contributed by atoms with Gasteiger partial charge in [0.05, 0.1) is 18.3 Å². The molecule has 3 rings (SSSR count). The van der Waals surface area contributed by atoms with Crippen LogP contribution in [0.15, 0.2) is 60.9 Å². The normalized spacial score (nSPS) is 12.0. The number of amides is 1. The number of aryl methyl sites for hydroxylation is 1.